The number of anilines is 1. The summed E-state index contributed by atoms with van der Waals surface area (Å²) in [4.78, 5) is 11.7. The monoisotopic (exact) mass is 307 g/mol. The molecule has 0 fully saturated rings. The minimum Gasteiger partial charge on any atom is -0.284 e. The highest BCUT2D eigenvalue weighted by Crippen LogP contribution is 2.12. The molecule has 0 saturated carbocycles. The second-order valence-electron chi connectivity index (χ2n) is 3.82. The first kappa shape index (κ1) is 15.4. The van der Waals surface area contributed by atoms with Gasteiger partial charge in [-0.3, -0.25) is 9.52 Å². The van der Waals surface area contributed by atoms with Crippen molar-refractivity contribution < 1.29 is 21.6 Å². The van der Waals surface area contributed by atoms with E-state index in [0.29, 0.717) is 0 Å². The summed E-state index contributed by atoms with van der Waals surface area (Å²) in [7, 11) is -7.25. The summed E-state index contributed by atoms with van der Waals surface area (Å²) in [6, 6.07) is 5.18. The molecule has 19 heavy (non-hydrogen) atoms. The lowest BCUT2D eigenvalue weighted by molar-refractivity contribution is 0.0862. The van der Waals surface area contributed by atoms with Crippen LogP contribution in [0.3, 0.4) is 0 Å². The molecule has 0 aliphatic carbocycles. The normalized spacial score (nSPS) is 11.9. The molecule has 1 amide bonds. The van der Waals surface area contributed by atoms with Crippen LogP contribution in [0.5, 0.6) is 0 Å². The zero-order chi connectivity index (χ0) is 14.8. The van der Waals surface area contributed by atoms with Gasteiger partial charge in [0.1, 0.15) is 0 Å². The van der Waals surface area contributed by atoms with Crippen LogP contribution in [0.4, 0.5) is 5.69 Å². The number of benzene rings is 1. The SMILES string of the molecule is CS(=O)(=O)Nc1ccc(C(=O)N(N)S(C)(=O)=O)cc1. The van der Waals surface area contributed by atoms with E-state index in [1.165, 1.54) is 24.3 Å². The molecular formula is C9H13N3O5S2. The average molecular weight is 307 g/mol. The van der Waals surface area contributed by atoms with Gasteiger partial charge in [-0.15, -0.1) is 0 Å². The number of sulfonamides is 2. The number of hydrogen-bond acceptors (Lipinski definition) is 6. The van der Waals surface area contributed by atoms with Gasteiger partial charge in [-0.05, 0) is 24.3 Å². The molecule has 0 spiro atoms. The summed E-state index contributed by atoms with van der Waals surface area (Å²) < 4.78 is 46.4. The Bertz CT molecular complexity index is 679. The van der Waals surface area contributed by atoms with Crippen LogP contribution in [-0.4, -0.2) is 39.7 Å². The highest BCUT2D eigenvalue weighted by molar-refractivity contribution is 7.92. The number of amides is 1. The number of hydrazine groups is 1. The summed E-state index contributed by atoms with van der Waals surface area (Å²) in [5.41, 5.74) is 0.272. The number of carbonyl (C=O) groups excluding carboxylic acids is 1. The van der Waals surface area contributed by atoms with Crippen molar-refractivity contribution >= 4 is 31.6 Å². The number of nitrogens with one attached hydrogen (secondary N) is 1. The zero-order valence-electron chi connectivity index (χ0n) is 10.2. The maximum Gasteiger partial charge on any atom is 0.281 e. The predicted octanol–water partition coefficient (Wildman–Crippen LogP) is -0.666. The molecule has 0 aliphatic heterocycles. The van der Waals surface area contributed by atoms with Gasteiger partial charge in [0.2, 0.25) is 20.0 Å². The zero-order valence-corrected chi connectivity index (χ0v) is 11.8. The maximum atomic E-state index is 11.7. The van der Waals surface area contributed by atoms with Crippen LogP contribution in [-0.2, 0) is 20.0 Å². The molecule has 0 unspecified atom stereocenters. The van der Waals surface area contributed by atoms with Gasteiger partial charge in [-0.1, -0.05) is 0 Å². The van der Waals surface area contributed by atoms with Crippen molar-refractivity contribution in [2.75, 3.05) is 17.2 Å². The molecule has 1 rings (SSSR count). The molecule has 0 atom stereocenters. The molecule has 1 aromatic carbocycles. The molecule has 0 radical (unpaired) electrons. The Morgan fingerprint density at radius 3 is 1.95 bits per heavy atom. The Kier molecular flexibility index (Phi) is 4.18. The topological polar surface area (TPSA) is 127 Å². The molecule has 10 heteroatoms. The van der Waals surface area contributed by atoms with E-state index in [2.05, 4.69) is 4.72 Å². The lowest BCUT2D eigenvalue weighted by atomic mass is 10.2. The van der Waals surface area contributed by atoms with Crippen molar-refractivity contribution in [1.82, 2.24) is 4.41 Å². The minimum atomic E-state index is -3.84. The molecule has 106 valence electrons. The maximum absolute atomic E-state index is 11.7. The number of hydrogen-bond donors (Lipinski definition) is 2. The predicted molar refractivity (Wildman–Crippen MR) is 70.1 cm³/mol. The summed E-state index contributed by atoms with van der Waals surface area (Å²) in [5.74, 6) is 4.24. The van der Waals surface area contributed by atoms with Crippen molar-refractivity contribution in [1.29, 1.82) is 0 Å². The van der Waals surface area contributed by atoms with E-state index in [1.807, 2.05) is 0 Å². The molecule has 0 heterocycles. The van der Waals surface area contributed by atoms with E-state index >= 15 is 0 Å². The fourth-order valence-electron chi connectivity index (χ4n) is 1.17. The van der Waals surface area contributed by atoms with E-state index in [9.17, 15) is 21.6 Å². The Morgan fingerprint density at radius 2 is 1.58 bits per heavy atom. The Morgan fingerprint density at radius 1 is 1.11 bits per heavy atom. The molecule has 0 aliphatic rings. The summed E-state index contributed by atoms with van der Waals surface area (Å²) in [6.07, 6.45) is 1.78. The van der Waals surface area contributed by atoms with Gasteiger partial charge in [-0.2, -0.15) is 4.41 Å². The summed E-state index contributed by atoms with van der Waals surface area (Å²) >= 11 is 0. The van der Waals surface area contributed by atoms with Crippen LogP contribution in [0.2, 0.25) is 0 Å². The van der Waals surface area contributed by atoms with E-state index in [1.54, 1.807) is 0 Å². The number of carbonyl (C=O) groups is 1. The lowest BCUT2D eigenvalue weighted by Crippen LogP contribution is -2.41. The van der Waals surface area contributed by atoms with Gasteiger partial charge in [0.05, 0.1) is 12.5 Å². The standard InChI is InChI=1S/C9H13N3O5S2/c1-18(14,15)11-8-5-3-7(4-6-8)9(13)12(10)19(2,16)17/h3-6,11H,10H2,1-2H3. The van der Waals surface area contributed by atoms with Gasteiger partial charge in [0.15, 0.2) is 0 Å². The number of nitrogens with zero attached hydrogens (tertiary/aromatic N) is 1. The highest BCUT2D eigenvalue weighted by Gasteiger charge is 2.20. The van der Waals surface area contributed by atoms with Crippen LogP contribution in [0, 0.1) is 0 Å². The molecule has 0 saturated heterocycles. The van der Waals surface area contributed by atoms with E-state index in [-0.39, 0.29) is 15.7 Å². The van der Waals surface area contributed by atoms with Crippen molar-refractivity contribution in [3.05, 3.63) is 29.8 Å². The molecule has 0 bridgehead atoms. The van der Waals surface area contributed by atoms with Crippen molar-refractivity contribution in [3.8, 4) is 0 Å². The molecule has 1 aromatic rings. The second-order valence-corrected chi connectivity index (χ2v) is 7.42. The summed E-state index contributed by atoms with van der Waals surface area (Å²) in [6.45, 7) is 0. The Hall–Kier alpha value is -1.65. The van der Waals surface area contributed by atoms with Crippen molar-refractivity contribution in [2.45, 2.75) is 0 Å². The first-order valence-electron chi connectivity index (χ1n) is 4.88. The lowest BCUT2D eigenvalue weighted by Gasteiger charge is -2.13. The number of rotatable bonds is 4. The molecular weight excluding hydrogens is 294 g/mol. The first-order valence-corrected chi connectivity index (χ1v) is 8.62. The molecule has 3 N–H and O–H groups in total. The third kappa shape index (κ3) is 4.50. The van der Waals surface area contributed by atoms with Crippen molar-refractivity contribution in [3.63, 3.8) is 0 Å². The molecule has 8 nitrogen and oxygen atoms in total. The third-order valence-corrected chi connectivity index (χ3v) is 3.48. The quantitative estimate of drug-likeness (QED) is 0.431. The van der Waals surface area contributed by atoms with Crippen LogP contribution in [0.25, 0.3) is 0 Å². The second kappa shape index (κ2) is 5.15. The van der Waals surface area contributed by atoms with Gasteiger partial charge in [0.25, 0.3) is 5.91 Å². The van der Waals surface area contributed by atoms with Gasteiger partial charge < -0.3 is 0 Å². The fraction of sp³-hybridized carbons (Fsp3) is 0.222. The minimum absolute atomic E-state index is 0.0203. The largest absolute Gasteiger partial charge is 0.284 e. The van der Waals surface area contributed by atoms with Gasteiger partial charge in [0, 0.05) is 11.3 Å². The summed E-state index contributed by atoms with van der Waals surface area (Å²) in [5, 5.41) is 0. The third-order valence-electron chi connectivity index (χ3n) is 1.99. The Labute approximate surface area is 111 Å². The van der Waals surface area contributed by atoms with Crippen LogP contribution < -0.4 is 10.6 Å². The van der Waals surface area contributed by atoms with Crippen LogP contribution >= 0.6 is 0 Å². The van der Waals surface area contributed by atoms with E-state index < -0.39 is 26.0 Å². The van der Waals surface area contributed by atoms with Gasteiger partial charge in [-0.25, -0.2) is 22.7 Å². The smallest absolute Gasteiger partial charge is 0.281 e. The van der Waals surface area contributed by atoms with Crippen molar-refractivity contribution in [2.24, 2.45) is 5.84 Å². The molecule has 0 aromatic heterocycles. The van der Waals surface area contributed by atoms with Crippen LogP contribution in [0.15, 0.2) is 24.3 Å². The first-order chi connectivity index (χ1) is 8.50. The average Bonchev–Trinajstić information content (AvgIpc) is 2.24. The fourth-order valence-corrected chi connectivity index (χ4v) is 2.14. The van der Waals surface area contributed by atoms with E-state index in [4.69, 9.17) is 5.84 Å². The highest BCUT2D eigenvalue weighted by atomic mass is 32.2. The number of nitrogens with two attached hydrogens (primary N) is 1. The van der Waals surface area contributed by atoms with Gasteiger partial charge >= 0.3 is 0 Å². The Balaban J connectivity index is 2.97. The van der Waals surface area contributed by atoms with E-state index in [0.717, 1.165) is 12.5 Å². The van der Waals surface area contributed by atoms with Crippen LogP contribution in [0.1, 0.15) is 10.4 Å².